The number of piperidine rings is 1. The van der Waals surface area contributed by atoms with E-state index in [9.17, 15) is 5.26 Å². The van der Waals surface area contributed by atoms with E-state index in [1.165, 1.54) is 12.8 Å². The molecule has 4 nitrogen and oxygen atoms in total. The number of hydrogen-bond acceptors (Lipinski definition) is 4. The summed E-state index contributed by atoms with van der Waals surface area (Å²) in [5.41, 5.74) is -0.216. The first-order chi connectivity index (χ1) is 9.18. The first-order valence-electron chi connectivity index (χ1n) is 7.62. The van der Waals surface area contributed by atoms with E-state index >= 15 is 0 Å². The predicted octanol–water partition coefficient (Wildman–Crippen LogP) is 2.30. The highest BCUT2D eigenvalue weighted by Crippen LogP contribution is 2.40. The zero-order valence-corrected chi connectivity index (χ0v) is 11.9. The molecule has 19 heavy (non-hydrogen) atoms. The number of rotatable bonds is 1. The van der Waals surface area contributed by atoms with Crippen LogP contribution in [0.2, 0.25) is 0 Å². The molecule has 1 aliphatic carbocycles. The standard InChI is InChI=1S/C15H24N2O2/c1-13-2-4-14(12-16,5-3-13)17-8-6-15(7-9-17)18-10-11-19-15/h13H,2-11H2,1H3. The van der Waals surface area contributed by atoms with E-state index in [-0.39, 0.29) is 11.3 Å². The Balaban J connectivity index is 1.65. The molecule has 3 aliphatic rings. The van der Waals surface area contributed by atoms with Gasteiger partial charge in [-0.1, -0.05) is 6.92 Å². The van der Waals surface area contributed by atoms with Gasteiger partial charge in [-0.15, -0.1) is 0 Å². The number of hydrogen-bond donors (Lipinski definition) is 0. The summed E-state index contributed by atoms with van der Waals surface area (Å²) in [4.78, 5) is 2.40. The molecule has 2 saturated heterocycles. The highest BCUT2D eigenvalue weighted by atomic mass is 16.7. The Morgan fingerprint density at radius 2 is 1.63 bits per heavy atom. The lowest BCUT2D eigenvalue weighted by atomic mass is 9.76. The van der Waals surface area contributed by atoms with E-state index < -0.39 is 0 Å². The Hall–Kier alpha value is -0.630. The maximum atomic E-state index is 9.68. The Bertz CT molecular complexity index is 353. The minimum Gasteiger partial charge on any atom is -0.347 e. The van der Waals surface area contributed by atoms with Crippen LogP contribution in [0.15, 0.2) is 0 Å². The van der Waals surface area contributed by atoms with Crippen LogP contribution in [0.1, 0.15) is 45.4 Å². The zero-order chi connectivity index (χ0) is 13.3. The van der Waals surface area contributed by atoms with Crippen molar-refractivity contribution in [1.29, 1.82) is 5.26 Å². The SMILES string of the molecule is CC1CCC(C#N)(N2CCC3(CC2)OCCO3)CC1. The third kappa shape index (κ3) is 2.40. The van der Waals surface area contributed by atoms with Gasteiger partial charge in [0.15, 0.2) is 5.79 Å². The smallest absolute Gasteiger partial charge is 0.170 e. The van der Waals surface area contributed by atoms with E-state index in [2.05, 4.69) is 17.9 Å². The van der Waals surface area contributed by atoms with Gasteiger partial charge in [-0.25, -0.2) is 0 Å². The maximum absolute atomic E-state index is 9.68. The number of nitrogens with zero attached hydrogens (tertiary/aromatic N) is 2. The lowest BCUT2D eigenvalue weighted by Crippen LogP contribution is -2.56. The first kappa shape index (κ1) is 13.4. The molecule has 0 aromatic heterocycles. The van der Waals surface area contributed by atoms with Gasteiger partial charge in [-0.3, -0.25) is 4.90 Å². The average molecular weight is 264 g/mol. The van der Waals surface area contributed by atoms with Crippen molar-refractivity contribution in [2.24, 2.45) is 5.92 Å². The fourth-order valence-corrected chi connectivity index (χ4v) is 3.80. The van der Waals surface area contributed by atoms with Crippen LogP contribution in [0.25, 0.3) is 0 Å². The van der Waals surface area contributed by atoms with Crippen LogP contribution in [-0.4, -0.2) is 42.5 Å². The molecule has 0 aromatic carbocycles. The highest BCUT2D eigenvalue weighted by molar-refractivity contribution is 5.11. The summed E-state index contributed by atoms with van der Waals surface area (Å²) in [5.74, 6) is 0.453. The normalized spacial score (nSPS) is 39.3. The van der Waals surface area contributed by atoms with Crippen molar-refractivity contribution in [2.45, 2.75) is 56.8 Å². The molecular formula is C15H24N2O2. The molecule has 3 fully saturated rings. The largest absolute Gasteiger partial charge is 0.347 e. The third-order valence-corrected chi connectivity index (χ3v) is 5.25. The second-order valence-corrected chi connectivity index (χ2v) is 6.42. The van der Waals surface area contributed by atoms with Gasteiger partial charge >= 0.3 is 0 Å². The van der Waals surface area contributed by atoms with Crippen LogP contribution >= 0.6 is 0 Å². The molecule has 2 heterocycles. The van der Waals surface area contributed by atoms with E-state index in [4.69, 9.17) is 9.47 Å². The minimum atomic E-state index is -0.324. The van der Waals surface area contributed by atoms with Crippen molar-refractivity contribution in [3.63, 3.8) is 0 Å². The average Bonchev–Trinajstić information content (AvgIpc) is 2.90. The van der Waals surface area contributed by atoms with E-state index in [1.807, 2.05) is 0 Å². The first-order valence-corrected chi connectivity index (χ1v) is 7.62. The molecule has 4 heteroatoms. The molecule has 106 valence electrons. The van der Waals surface area contributed by atoms with Gasteiger partial charge in [0.25, 0.3) is 0 Å². The minimum absolute atomic E-state index is 0.216. The van der Waals surface area contributed by atoms with Crippen molar-refractivity contribution in [2.75, 3.05) is 26.3 Å². The summed E-state index contributed by atoms with van der Waals surface area (Å²) < 4.78 is 11.5. The molecule has 2 aliphatic heterocycles. The topological polar surface area (TPSA) is 45.5 Å². The quantitative estimate of drug-likeness (QED) is 0.729. The summed E-state index contributed by atoms with van der Waals surface area (Å²) in [7, 11) is 0. The second kappa shape index (κ2) is 5.05. The van der Waals surface area contributed by atoms with Crippen molar-refractivity contribution in [1.82, 2.24) is 4.90 Å². The molecule has 3 rings (SSSR count). The predicted molar refractivity (Wildman–Crippen MR) is 71.4 cm³/mol. The summed E-state index contributed by atoms with van der Waals surface area (Å²) >= 11 is 0. The van der Waals surface area contributed by atoms with Crippen molar-refractivity contribution in [3.8, 4) is 6.07 Å². The third-order valence-electron chi connectivity index (χ3n) is 5.25. The Kier molecular flexibility index (Phi) is 3.55. The summed E-state index contributed by atoms with van der Waals surface area (Å²) in [6.45, 7) is 5.61. The summed E-state index contributed by atoms with van der Waals surface area (Å²) in [6, 6.07) is 2.63. The van der Waals surface area contributed by atoms with Crippen LogP contribution in [0, 0.1) is 17.2 Å². The van der Waals surface area contributed by atoms with Gasteiger partial charge in [0.05, 0.1) is 19.3 Å². The Morgan fingerprint density at radius 1 is 1.05 bits per heavy atom. The van der Waals surface area contributed by atoms with E-state index in [1.54, 1.807) is 0 Å². The van der Waals surface area contributed by atoms with Gasteiger partial charge < -0.3 is 9.47 Å². The lowest BCUT2D eigenvalue weighted by molar-refractivity contribution is -0.191. The van der Waals surface area contributed by atoms with Gasteiger partial charge in [0, 0.05) is 25.9 Å². The maximum Gasteiger partial charge on any atom is 0.170 e. The zero-order valence-electron chi connectivity index (χ0n) is 11.9. The monoisotopic (exact) mass is 264 g/mol. The van der Waals surface area contributed by atoms with Crippen LogP contribution in [0.4, 0.5) is 0 Å². The lowest BCUT2D eigenvalue weighted by Gasteiger charge is -2.47. The van der Waals surface area contributed by atoms with Crippen molar-refractivity contribution >= 4 is 0 Å². The highest BCUT2D eigenvalue weighted by Gasteiger charge is 2.46. The van der Waals surface area contributed by atoms with Gasteiger partial charge in [0.1, 0.15) is 5.54 Å². The Morgan fingerprint density at radius 3 is 2.16 bits per heavy atom. The molecule has 0 bridgehead atoms. The molecule has 0 unspecified atom stereocenters. The molecule has 0 radical (unpaired) electrons. The van der Waals surface area contributed by atoms with Crippen molar-refractivity contribution < 1.29 is 9.47 Å². The number of nitriles is 1. The van der Waals surface area contributed by atoms with Crippen molar-refractivity contribution in [3.05, 3.63) is 0 Å². The second-order valence-electron chi connectivity index (χ2n) is 6.42. The van der Waals surface area contributed by atoms with Gasteiger partial charge in [-0.05, 0) is 31.6 Å². The fraction of sp³-hybridized carbons (Fsp3) is 0.933. The van der Waals surface area contributed by atoms with Gasteiger partial charge in [-0.2, -0.15) is 5.26 Å². The fourth-order valence-electron chi connectivity index (χ4n) is 3.80. The van der Waals surface area contributed by atoms with Crippen LogP contribution in [-0.2, 0) is 9.47 Å². The summed E-state index contributed by atoms with van der Waals surface area (Å²) in [5, 5.41) is 9.68. The molecule has 1 saturated carbocycles. The van der Waals surface area contributed by atoms with E-state index in [0.29, 0.717) is 0 Å². The Labute approximate surface area is 115 Å². The summed E-state index contributed by atoms with van der Waals surface area (Å²) in [6.07, 6.45) is 6.24. The molecule has 0 N–H and O–H groups in total. The number of ether oxygens (including phenoxy) is 2. The van der Waals surface area contributed by atoms with Gasteiger partial charge in [0.2, 0.25) is 0 Å². The van der Waals surface area contributed by atoms with Crippen LogP contribution in [0.5, 0.6) is 0 Å². The number of likely N-dealkylation sites (tertiary alicyclic amines) is 1. The van der Waals surface area contributed by atoms with Crippen LogP contribution in [0.3, 0.4) is 0 Å². The molecule has 1 spiro atoms. The molecule has 0 amide bonds. The van der Waals surface area contributed by atoms with E-state index in [0.717, 1.165) is 57.9 Å². The molecule has 0 atom stereocenters. The molecular weight excluding hydrogens is 240 g/mol. The van der Waals surface area contributed by atoms with Crippen LogP contribution < -0.4 is 0 Å². The molecule has 0 aromatic rings.